The molecule has 2 atom stereocenters. The summed E-state index contributed by atoms with van der Waals surface area (Å²) in [6.45, 7) is 5.72. The van der Waals surface area contributed by atoms with Gasteiger partial charge in [0.15, 0.2) is 6.10 Å². The molecule has 242 valence electrons. The van der Waals surface area contributed by atoms with Crippen LogP contribution in [0.5, 0.6) is 0 Å². The molecule has 0 amide bonds. The minimum absolute atomic E-state index is 0.0818. The molecule has 0 aromatic heterocycles. The molecule has 1 aromatic carbocycles. The third-order valence-electron chi connectivity index (χ3n) is 7.65. The first-order valence-electron chi connectivity index (χ1n) is 16.6. The van der Waals surface area contributed by atoms with E-state index in [9.17, 15) is 23.1 Å². The van der Waals surface area contributed by atoms with Gasteiger partial charge < -0.3 is 14.6 Å². The number of aliphatic hydroxyl groups is 1. The van der Waals surface area contributed by atoms with E-state index in [1.807, 2.05) is 6.92 Å². The van der Waals surface area contributed by atoms with Crippen molar-refractivity contribution in [3.05, 3.63) is 29.8 Å². The minimum Gasteiger partial charge on any atom is -0.462 e. The first-order chi connectivity index (χ1) is 20.2. The highest BCUT2D eigenvalue weighted by Crippen LogP contribution is 2.21. The highest BCUT2D eigenvalue weighted by atomic mass is 32.2. The summed E-state index contributed by atoms with van der Waals surface area (Å²) in [6.07, 6.45) is 18.8. The van der Waals surface area contributed by atoms with E-state index < -0.39 is 39.9 Å². The Bertz CT molecular complexity index is 943. The molecule has 8 heteroatoms. The number of aliphatic hydroxyl groups excluding tert-OH is 1. The van der Waals surface area contributed by atoms with Crippen molar-refractivity contribution in [3.8, 4) is 0 Å². The van der Waals surface area contributed by atoms with Gasteiger partial charge >= 0.3 is 11.9 Å². The maximum absolute atomic E-state index is 13.1. The lowest BCUT2D eigenvalue weighted by Crippen LogP contribution is -2.41. The Morgan fingerprint density at radius 1 is 0.667 bits per heavy atom. The molecule has 42 heavy (non-hydrogen) atoms. The normalized spacial score (nSPS) is 13.0. The topological polar surface area (TPSA) is 107 Å². The molecule has 0 saturated carbocycles. The molecule has 0 aliphatic carbocycles. The molecular weight excluding hydrogens is 552 g/mol. The molecule has 1 N–H and O–H groups in total. The van der Waals surface area contributed by atoms with Crippen LogP contribution in [0.1, 0.15) is 148 Å². The van der Waals surface area contributed by atoms with E-state index in [2.05, 4.69) is 13.8 Å². The SMILES string of the molecule is CCCCCCCCCCCC(=O)OCC(OC(=O)CCCCCCCCCCC)C(O)S(=O)(=O)c1ccc(C)cc1. The van der Waals surface area contributed by atoms with E-state index in [-0.39, 0.29) is 17.7 Å². The Hall–Kier alpha value is -1.93. The third kappa shape index (κ3) is 17.3. The second kappa shape index (κ2) is 23.5. The zero-order valence-corrected chi connectivity index (χ0v) is 27.4. The van der Waals surface area contributed by atoms with Gasteiger partial charge in [-0.1, -0.05) is 134 Å². The smallest absolute Gasteiger partial charge is 0.306 e. The van der Waals surface area contributed by atoms with Gasteiger partial charge in [0.25, 0.3) is 0 Å². The second-order valence-corrected chi connectivity index (χ2v) is 13.7. The molecule has 0 aliphatic rings. The van der Waals surface area contributed by atoms with Crippen LogP contribution in [0.25, 0.3) is 0 Å². The van der Waals surface area contributed by atoms with Gasteiger partial charge in [-0.05, 0) is 31.9 Å². The summed E-state index contributed by atoms with van der Waals surface area (Å²) >= 11 is 0. The number of rotatable bonds is 26. The average Bonchev–Trinajstić information content (AvgIpc) is 2.97. The van der Waals surface area contributed by atoms with Gasteiger partial charge in [0.2, 0.25) is 15.3 Å². The summed E-state index contributed by atoms with van der Waals surface area (Å²) in [7, 11) is -4.24. The lowest BCUT2D eigenvalue weighted by molar-refractivity contribution is -0.163. The molecule has 2 unspecified atom stereocenters. The Labute approximate surface area is 256 Å². The van der Waals surface area contributed by atoms with Crippen molar-refractivity contribution >= 4 is 21.8 Å². The fraction of sp³-hybridized carbons (Fsp3) is 0.765. The van der Waals surface area contributed by atoms with Gasteiger partial charge in [-0.3, -0.25) is 9.59 Å². The van der Waals surface area contributed by atoms with E-state index >= 15 is 0 Å². The maximum atomic E-state index is 13.1. The lowest BCUT2D eigenvalue weighted by atomic mass is 10.1. The van der Waals surface area contributed by atoms with Crippen molar-refractivity contribution in [1.29, 1.82) is 0 Å². The van der Waals surface area contributed by atoms with Crippen LogP contribution in [-0.2, 0) is 28.9 Å². The highest BCUT2D eigenvalue weighted by molar-refractivity contribution is 7.92. The zero-order valence-electron chi connectivity index (χ0n) is 26.6. The molecule has 0 radical (unpaired) electrons. The molecule has 0 bridgehead atoms. The number of ether oxygens (including phenoxy) is 2. The van der Waals surface area contributed by atoms with Crippen LogP contribution in [0.15, 0.2) is 29.2 Å². The third-order valence-corrected chi connectivity index (χ3v) is 9.51. The van der Waals surface area contributed by atoms with Crippen LogP contribution >= 0.6 is 0 Å². The van der Waals surface area contributed by atoms with Crippen LogP contribution in [0, 0.1) is 6.92 Å². The zero-order chi connectivity index (χ0) is 31.1. The number of benzene rings is 1. The molecule has 0 heterocycles. The van der Waals surface area contributed by atoms with Gasteiger partial charge in [0, 0.05) is 12.8 Å². The second-order valence-electron chi connectivity index (χ2n) is 11.6. The number of sulfone groups is 1. The number of esters is 2. The predicted octanol–water partition coefficient (Wildman–Crippen LogP) is 8.38. The van der Waals surface area contributed by atoms with E-state index in [1.54, 1.807) is 12.1 Å². The number of carbonyl (C=O) groups excluding carboxylic acids is 2. The largest absolute Gasteiger partial charge is 0.462 e. The summed E-state index contributed by atoms with van der Waals surface area (Å²) in [5.74, 6) is -1.09. The maximum Gasteiger partial charge on any atom is 0.306 e. The van der Waals surface area contributed by atoms with Gasteiger partial charge in [-0.2, -0.15) is 0 Å². The Morgan fingerprint density at radius 2 is 1.07 bits per heavy atom. The van der Waals surface area contributed by atoms with E-state index in [0.717, 1.165) is 44.1 Å². The first-order valence-corrected chi connectivity index (χ1v) is 18.1. The van der Waals surface area contributed by atoms with Crippen LogP contribution in [0.4, 0.5) is 0 Å². The standard InChI is InChI=1S/C34H58O7S/c1-4-6-8-10-12-14-16-18-20-22-32(35)40-28-31(34(37)42(38,39)30-26-24-29(3)25-27-30)41-33(36)23-21-19-17-15-13-11-9-7-5-2/h24-27,31,34,37H,4-23,28H2,1-3H3. The molecule has 0 aliphatic heterocycles. The van der Waals surface area contributed by atoms with Gasteiger partial charge in [-0.25, -0.2) is 8.42 Å². The molecule has 0 fully saturated rings. The number of hydrogen-bond donors (Lipinski definition) is 1. The van der Waals surface area contributed by atoms with Crippen LogP contribution in [-0.4, -0.2) is 43.6 Å². The minimum atomic E-state index is -4.24. The molecule has 7 nitrogen and oxygen atoms in total. The molecule has 0 saturated heterocycles. The van der Waals surface area contributed by atoms with E-state index in [1.165, 1.54) is 76.3 Å². The monoisotopic (exact) mass is 610 g/mol. The van der Waals surface area contributed by atoms with E-state index in [4.69, 9.17) is 9.47 Å². The van der Waals surface area contributed by atoms with Crippen molar-refractivity contribution in [3.63, 3.8) is 0 Å². The highest BCUT2D eigenvalue weighted by Gasteiger charge is 2.36. The fourth-order valence-electron chi connectivity index (χ4n) is 4.88. The van der Waals surface area contributed by atoms with Gasteiger partial charge in [-0.15, -0.1) is 0 Å². The Kier molecular flexibility index (Phi) is 21.3. The number of aryl methyl sites for hydroxylation is 1. The summed E-state index contributed by atoms with van der Waals surface area (Å²) in [5, 5.41) is 10.8. The van der Waals surface area contributed by atoms with Crippen LogP contribution in [0.2, 0.25) is 0 Å². The Balaban J connectivity index is 2.57. The summed E-state index contributed by atoms with van der Waals surface area (Å²) in [4.78, 5) is 24.9. The fourth-order valence-corrected chi connectivity index (χ4v) is 6.20. The molecule has 1 rings (SSSR count). The quantitative estimate of drug-likeness (QED) is 0.0829. The van der Waals surface area contributed by atoms with Crippen molar-refractivity contribution in [2.24, 2.45) is 0 Å². The van der Waals surface area contributed by atoms with E-state index in [0.29, 0.717) is 12.8 Å². The van der Waals surface area contributed by atoms with Crippen molar-refractivity contribution < 1.29 is 32.6 Å². The molecular formula is C34H58O7S. The van der Waals surface area contributed by atoms with Crippen molar-refractivity contribution in [2.75, 3.05) is 6.61 Å². The summed E-state index contributed by atoms with van der Waals surface area (Å²) in [6, 6.07) is 6.08. The summed E-state index contributed by atoms with van der Waals surface area (Å²) in [5.41, 5.74) is -1.18. The Morgan fingerprint density at radius 3 is 1.52 bits per heavy atom. The molecule has 1 aromatic rings. The van der Waals surface area contributed by atoms with Gasteiger partial charge in [0.1, 0.15) is 6.61 Å². The number of hydrogen-bond acceptors (Lipinski definition) is 7. The predicted molar refractivity (Wildman–Crippen MR) is 169 cm³/mol. The average molecular weight is 611 g/mol. The van der Waals surface area contributed by atoms with Crippen molar-refractivity contribution in [2.45, 2.75) is 166 Å². The lowest BCUT2D eigenvalue weighted by Gasteiger charge is -2.23. The number of carbonyl (C=O) groups is 2. The van der Waals surface area contributed by atoms with Crippen LogP contribution < -0.4 is 0 Å². The molecule has 0 spiro atoms. The van der Waals surface area contributed by atoms with Gasteiger partial charge in [0.05, 0.1) is 4.90 Å². The van der Waals surface area contributed by atoms with Crippen molar-refractivity contribution in [1.82, 2.24) is 0 Å². The first kappa shape index (κ1) is 38.1. The summed E-state index contributed by atoms with van der Waals surface area (Å²) < 4.78 is 36.9. The van der Waals surface area contributed by atoms with Crippen LogP contribution in [0.3, 0.4) is 0 Å². The number of unbranched alkanes of at least 4 members (excludes halogenated alkanes) is 16.